The summed E-state index contributed by atoms with van der Waals surface area (Å²) in [6, 6.07) is 7.40. The molecule has 0 aliphatic carbocycles. The SMILES string of the molecule is CC(C)[C@H](N)C(=O)N1CCC(n2c(=O)[nH]c3ccccc32)CC1. The molecule has 1 amide bonds. The summed E-state index contributed by atoms with van der Waals surface area (Å²) in [4.78, 5) is 29.3. The van der Waals surface area contributed by atoms with Crippen LogP contribution in [0.5, 0.6) is 0 Å². The number of fused-ring (bicyclic) bond motifs is 1. The Morgan fingerprint density at radius 1 is 1.26 bits per heavy atom. The summed E-state index contributed by atoms with van der Waals surface area (Å²) >= 11 is 0. The number of carbonyl (C=O) groups excluding carboxylic acids is 1. The quantitative estimate of drug-likeness (QED) is 0.899. The number of nitrogens with zero attached hydrogens (tertiary/aromatic N) is 2. The second-order valence-electron chi connectivity index (χ2n) is 6.64. The maximum atomic E-state index is 12.3. The standard InChI is InChI=1S/C17H24N4O2/c1-11(2)15(18)16(22)20-9-7-12(8-10-20)21-14-6-4-3-5-13(14)19-17(21)23/h3-6,11-12,15H,7-10,18H2,1-2H3,(H,19,23)/t15-/m0/s1. The number of aromatic amines is 1. The fourth-order valence-corrected chi connectivity index (χ4v) is 3.28. The molecule has 0 unspecified atom stereocenters. The number of H-pyrrole nitrogens is 1. The van der Waals surface area contributed by atoms with Gasteiger partial charge in [-0.25, -0.2) is 4.79 Å². The molecule has 124 valence electrons. The third-order valence-corrected chi connectivity index (χ3v) is 4.77. The molecule has 3 N–H and O–H groups in total. The van der Waals surface area contributed by atoms with Crippen LogP contribution in [0, 0.1) is 5.92 Å². The van der Waals surface area contributed by atoms with Gasteiger partial charge in [-0.15, -0.1) is 0 Å². The number of piperidine rings is 1. The van der Waals surface area contributed by atoms with Gasteiger partial charge >= 0.3 is 5.69 Å². The number of para-hydroxylation sites is 2. The monoisotopic (exact) mass is 316 g/mol. The first kappa shape index (κ1) is 15.8. The summed E-state index contributed by atoms with van der Waals surface area (Å²) in [6.07, 6.45) is 1.55. The minimum atomic E-state index is -0.442. The van der Waals surface area contributed by atoms with E-state index in [1.165, 1.54) is 0 Å². The van der Waals surface area contributed by atoms with Crippen molar-refractivity contribution < 1.29 is 4.79 Å². The van der Waals surface area contributed by atoms with Crippen LogP contribution >= 0.6 is 0 Å². The molecule has 2 heterocycles. The van der Waals surface area contributed by atoms with Crippen molar-refractivity contribution in [1.82, 2.24) is 14.5 Å². The molecule has 0 bridgehead atoms. The molecule has 0 saturated carbocycles. The summed E-state index contributed by atoms with van der Waals surface area (Å²) in [5, 5.41) is 0. The van der Waals surface area contributed by atoms with Crippen molar-refractivity contribution in [1.29, 1.82) is 0 Å². The topological polar surface area (TPSA) is 84.1 Å². The zero-order valence-electron chi connectivity index (χ0n) is 13.7. The van der Waals surface area contributed by atoms with E-state index in [1.54, 1.807) is 0 Å². The van der Waals surface area contributed by atoms with Gasteiger partial charge in [0, 0.05) is 19.1 Å². The van der Waals surface area contributed by atoms with E-state index in [-0.39, 0.29) is 23.6 Å². The van der Waals surface area contributed by atoms with Gasteiger partial charge in [0.05, 0.1) is 17.1 Å². The van der Waals surface area contributed by atoms with E-state index in [4.69, 9.17) is 5.73 Å². The van der Waals surface area contributed by atoms with E-state index in [0.29, 0.717) is 13.1 Å². The van der Waals surface area contributed by atoms with Gasteiger partial charge in [0.15, 0.2) is 0 Å². The van der Waals surface area contributed by atoms with Gasteiger partial charge in [-0.05, 0) is 30.9 Å². The lowest BCUT2D eigenvalue weighted by Crippen LogP contribution is -2.49. The molecule has 1 saturated heterocycles. The normalized spacial score (nSPS) is 17.8. The molecule has 1 aliphatic heterocycles. The van der Waals surface area contributed by atoms with Crippen LogP contribution in [0.3, 0.4) is 0 Å². The third-order valence-electron chi connectivity index (χ3n) is 4.77. The first-order valence-electron chi connectivity index (χ1n) is 8.22. The molecule has 1 aromatic carbocycles. The molecule has 1 aromatic heterocycles. The van der Waals surface area contributed by atoms with E-state index in [2.05, 4.69) is 4.98 Å². The van der Waals surface area contributed by atoms with Gasteiger partial charge in [-0.1, -0.05) is 26.0 Å². The van der Waals surface area contributed by atoms with Crippen molar-refractivity contribution in [2.45, 2.75) is 38.8 Å². The fraction of sp³-hybridized carbons (Fsp3) is 0.529. The molecule has 6 nitrogen and oxygen atoms in total. The second-order valence-corrected chi connectivity index (χ2v) is 6.64. The smallest absolute Gasteiger partial charge is 0.326 e. The number of hydrogen-bond acceptors (Lipinski definition) is 3. The largest absolute Gasteiger partial charge is 0.341 e. The maximum absolute atomic E-state index is 12.3. The van der Waals surface area contributed by atoms with Gasteiger partial charge in [0.25, 0.3) is 0 Å². The third kappa shape index (κ3) is 2.91. The van der Waals surface area contributed by atoms with Gasteiger partial charge < -0.3 is 15.6 Å². The summed E-state index contributed by atoms with van der Waals surface area (Å²) < 4.78 is 1.83. The lowest BCUT2D eigenvalue weighted by atomic mass is 10.00. The van der Waals surface area contributed by atoms with Crippen LogP contribution in [-0.2, 0) is 4.79 Å². The fourth-order valence-electron chi connectivity index (χ4n) is 3.28. The molecular formula is C17H24N4O2. The summed E-state index contributed by atoms with van der Waals surface area (Å²) in [6.45, 7) is 5.22. The van der Waals surface area contributed by atoms with Crippen molar-refractivity contribution in [3.05, 3.63) is 34.7 Å². The van der Waals surface area contributed by atoms with Crippen LogP contribution < -0.4 is 11.4 Å². The minimum absolute atomic E-state index is 0.0183. The molecule has 0 radical (unpaired) electrons. The van der Waals surface area contributed by atoms with Gasteiger partial charge in [-0.2, -0.15) is 0 Å². The van der Waals surface area contributed by atoms with Crippen LogP contribution in [0.4, 0.5) is 0 Å². The molecule has 3 rings (SSSR count). The highest BCUT2D eigenvalue weighted by Crippen LogP contribution is 2.25. The van der Waals surface area contributed by atoms with E-state index in [0.717, 1.165) is 23.9 Å². The Morgan fingerprint density at radius 3 is 2.57 bits per heavy atom. The summed E-state index contributed by atoms with van der Waals surface area (Å²) in [5.41, 5.74) is 7.68. The lowest BCUT2D eigenvalue weighted by Gasteiger charge is -2.34. The number of likely N-dealkylation sites (tertiary alicyclic amines) is 1. The molecular weight excluding hydrogens is 292 g/mol. The Labute approximate surface area is 135 Å². The number of imidazole rings is 1. The van der Waals surface area contributed by atoms with Crippen molar-refractivity contribution in [3.63, 3.8) is 0 Å². The van der Waals surface area contributed by atoms with Crippen molar-refractivity contribution in [2.24, 2.45) is 11.7 Å². The first-order chi connectivity index (χ1) is 11.0. The molecule has 1 fully saturated rings. The highest BCUT2D eigenvalue weighted by Gasteiger charge is 2.29. The predicted molar refractivity (Wildman–Crippen MR) is 90.2 cm³/mol. The Hall–Kier alpha value is -2.08. The number of carbonyl (C=O) groups is 1. The molecule has 6 heteroatoms. The first-order valence-corrected chi connectivity index (χ1v) is 8.22. The van der Waals surface area contributed by atoms with E-state index < -0.39 is 6.04 Å². The minimum Gasteiger partial charge on any atom is -0.341 e. The highest BCUT2D eigenvalue weighted by molar-refractivity contribution is 5.82. The average molecular weight is 316 g/mol. The number of nitrogens with one attached hydrogen (secondary N) is 1. The van der Waals surface area contributed by atoms with E-state index in [9.17, 15) is 9.59 Å². The summed E-state index contributed by atoms with van der Waals surface area (Å²) in [7, 11) is 0. The van der Waals surface area contributed by atoms with Crippen LogP contribution in [0.15, 0.2) is 29.1 Å². The zero-order valence-corrected chi connectivity index (χ0v) is 13.7. The highest BCUT2D eigenvalue weighted by atomic mass is 16.2. The van der Waals surface area contributed by atoms with Crippen molar-refractivity contribution in [3.8, 4) is 0 Å². The maximum Gasteiger partial charge on any atom is 0.326 e. The van der Waals surface area contributed by atoms with Crippen molar-refractivity contribution in [2.75, 3.05) is 13.1 Å². The Balaban J connectivity index is 1.75. The number of aromatic nitrogens is 2. The molecule has 1 atom stereocenters. The number of benzene rings is 1. The molecule has 0 spiro atoms. The Morgan fingerprint density at radius 2 is 1.91 bits per heavy atom. The predicted octanol–water partition coefficient (Wildman–Crippen LogP) is 1.48. The Bertz CT molecular complexity index is 753. The number of rotatable bonds is 3. The van der Waals surface area contributed by atoms with Crippen LogP contribution in [0.2, 0.25) is 0 Å². The van der Waals surface area contributed by atoms with E-state index in [1.807, 2.05) is 47.6 Å². The molecule has 23 heavy (non-hydrogen) atoms. The lowest BCUT2D eigenvalue weighted by molar-refractivity contribution is -0.134. The number of amides is 1. The zero-order chi connectivity index (χ0) is 16.6. The second kappa shape index (κ2) is 6.20. The number of hydrogen-bond donors (Lipinski definition) is 2. The van der Waals surface area contributed by atoms with E-state index >= 15 is 0 Å². The van der Waals surface area contributed by atoms with Gasteiger partial charge in [0.2, 0.25) is 5.91 Å². The van der Waals surface area contributed by atoms with Crippen LogP contribution in [0.1, 0.15) is 32.7 Å². The Kier molecular flexibility index (Phi) is 4.26. The number of nitrogens with two attached hydrogens (primary N) is 1. The molecule has 1 aliphatic rings. The van der Waals surface area contributed by atoms with Crippen molar-refractivity contribution >= 4 is 16.9 Å². The van der Waals surface area contributed by atoms with Crippen LogP contribution in [-0.4, -0.2) is 39.5 Å². The van der Waals surface area contributed by atoms with Crippen LogP contribution in [0.25, 0.3) is 11.0 Å². The van der Waals surface area contributed by atoms with Gasteiger partial charge in [0.1, 0.15) is 0 Å². The average Bonchev–Trinajstić information content (AvgIpc) is 2.89. The summed E-state index contributed by atoms with van der Waals surface area (Å²) in [5.74, 6) is 0.154. The molecule has 2 aromatic rings. The van der Waals surface area contributed by atoms with Gasteiger partial charge in [-0.3, -0.25) is 9.36 Å².